The van der Waals surface area contributed by atoms with E-state index in [1.807, 2.05) is 24.5 Å². The van der Waals surface area contributed by atoms with Crippen LogP contribution in [0.3, 0.4) is 0 Å². The molecule has 1 aliphatic heterocycles. The highest BCUT2D eigenvalue weighted by atomic mass is 16.5. The Morgan fingerprint density at radius 2 is 2.17 bits per heavy atom. The second-order valence-electron chi connectivity index (χ2n) is 4.83. The number of aromatic nitrogens is 2. The summed E-state index contributed by atoms with van der Waals surface area (Å²) >= 11 is 0. The minimum atomic E-state index is 0.883. The zero-order valence-corrected chi connectivity index (χ0v) is 10.8. The normalized spacial score (nSPS) is 16.5. The van der Waals surface area contributed by atoms with Gasteiger partial charge in [0.2, 0.25) is 0 Å². The molecular formula is C14H19N3O. The zero-order chi connectivity index (χ0) is 12.4. The molecule has 3 rings (SSSR count). The maximum Gasteiger partial charge on any atom is 0.122 e. The van der Waals surface area contributed by atoms with E-state index in [0.29, 0.717) is 0 Å². The van der Waals surface area contributed by atoms with Gasteiger partial charge in [-0.1, -0.05) is 0 Å². The van der Waals surface area contributed by atoms with Gasteiger partial charge >= 0.3 is 0 Å². The predicted molar refractivity (Wildman–Crippen MR) is 71.1 cm³/mol. The van der Waals surface area contributed by atoms with Gasteiger partial charge in [0, 0.05) is 25.2 Å². The van der Waals surface area contributed by atoms with Crippen LogP contribution in [0.5, 0.6) is 5.75 Å². The monoisotopic (exact) mass is 245 g/mol. The van der Waals surface area contributed by atoms with Crippen LogP contribution in [0.2, 0.25) is 0 Å². The first kappa shape index (κ1) is 11.5. The lowest BCUT2D eigenvalue weighted by Crippen LogP contribution is -2.22. The van der Waals surface area contributed by atoms with Crippen molar-refractivity contribution in [1.82, 2.24) is 14.3 Å². The molecule has 0 spiro atoms. The Morgan fingerprint density at radius 3 is 2.94 bits per heavy atom. The highest BCUT2D eigenvalue weighted by Gasteiger charge is 2.12. The summed E-state index contributed by atoms with van der Waals surface area (Å²) in [5.74, 6) is 2.02. The second-order valence-corrected chi connectivity index (χ2v) is 4.83. The number of hydrogen-bond donors (Lipinski definition) is 0. The molecule has 1 saturated heterocycles. The first-order valence-corrected chi connectivity index (χ1v) is 6.59. The number of pyridine rings is 1. The molecule has 1 fully saturated rings. The number of nitrogens with zero attached hydrogens (tertiary/aromatic N) is 3. The summed E-state index contributed by atoms with van der Waals surface area (Å²) in [6, 6.07) is 4.00. The molecule has 0 atom stereocenters. The van der Waals surface area contributed by atoms with Crippen molar-refractivity contribution in [3.63, 3.8) is 0 Å². The van der Waals surface area contributed by atoms with Crippen molar-refractivity contribution in [1.29, 1.82) is 0 Å². The maximum absolute atomic E-state index is 5.22. The molecular weight excluding hydrogens is 226 g/mol. The van der Waals surface area contributed by atoms with Crippen molar-refractivity contribution >= 4 is 5.52 Å². The largest absolute Gasteiger partial charge is 0.497 e. The van der Waals surface area contributed by atoms with Crippen LogP contribution >= 0.6 is 0 Å². The summed E-state index contributed by atoms with van der Waals surface area (Å²) in [7, 11) is 1.69. The molecule has 3 heterocycles. The summed E-state index contributed by atoms with van der Waals surface area (Å²) in [4.78, 5) is 7.03. The third-order valence-electron chi connectivity index (χ3n) is 3.67. The topological polar surface area (TPSA) is 29.8 Å². The molecule has 4 nitrogen and oxygen atoms in total. The highest BCUT2D eigenvalue weighted by molar-refractivity contribution is 5.50. The lowest BCUT2D eigenvalue weighted by atomic mass is 10.3. The first-order chi connectivity index (χ1) is 8.86. The number of methoxy groups -OCH3 is 1. The predicted octanol–water partition coefficient (Wildman–Crippen LogP) is 1.98. The van der Waals surface area contributed by atoms with E-state index in [2.05, 4.69) is 14.3 Å². The number of imidazole rings is 1. The van der Waals surface area contributed by atoms with E-state index in [4.69, 9.17) is 4.74 Å². The van der Waals surface area contributed by atoms with Crippen LogP contribution in [-0.4, -0.2) is 41.0 Å². The van der Waals surface area contributed by atoms with Crippen molar-refractivity contribution in [2.45, 2.75) is 19.3 Å². The van der Waals surface area contributed by atoms with E-state index >= 15 is 0 Å². The fraction of sp³-hybridized carbons (Fsp3) is 0.500. The van der Waals surface area contributed by atoms with E-state index in [1.165, 1.54) is 25.9 Å². The minimum Gasteiger partial charge on any atom is -0.497 e. The van der Waals surface area contributed by atoms with Crippen molar-refractivity contribution in [3.05, 3.63) is 30.4 Å². The minimum absolute atomic E-state index is 0.883. The molecule has 0 aliphatic carbocycles. The number of ether oxygens (including phenoxy) is 1. The van der Waals surface area contributed by atoms with Gasteiger partial charge in [0.15, 0.2) is 0 Å². The molecule has 0 unspecified atom stereocenters. The van der Waals surface area contributed by atoms with Crippen LogP contribution in [0.1, 0.15) is 18.7 Å². The van der Waals surface area contributed by atoms with Gasteiger partial charge in [0.1, 0.15) is 11.6 Å². The van der Waals surface area contributed by atoms with Crippen LogP contribution in [0.4, 0.5) is 0 Å². The number of rotatable bonds is 4. The molecule has 2 aromatic rings. The molecule has 96 valence electrons. The van der Waals surface area contributed by atoms with Gasteiger partial charge in [-0.25, -0.2) is 4.98 Å². The van der Waals surface area contributed by atoms with Gasteiger partial charge in [0.25, 0.3) is 0 Å². The Balaban J connectivity index is 1.75. The Hall–Kier alpha value is -1.55. The van der Waals surface area contributed by atoms with Gasteiger partial charge < -0.3 is 14.0 Å². The molecule has 0 saturated carbocycles. The van der Waals surface area contributed by atoms with Crippen LogP contribution in [0.15, 0.2) is 24.5 Å². The fourth-order valence-electron chi connectivity index (χ4n) is 2.61. The molecule has 0 radical (unpaired) electrons. The molecule has 0 N–H and O–H groups in total. The molecule has 4 heteroatoms. The Bertz CT molecular complexity index is 529. The van der Waals surface area contributed by atoms with Crippen LogP contribution in [0, 0.1) is 0 Å². The SMILES string of the molecule is COc1ccn2c(CCN3CCCC3)ncc2c1. The lowest BCUT2D eigenvalue weighted by Gasteiger charge is -2.13. The number of fused-ring (bicyclic) bond motifs is 1. The Morgan fingerprint density at radius 1 is 1.33 bits per heavy atom. The second kappa shape index (κ2) is 4.98. The fourth-order valence-corrected chi connectivity index (χ4v) is 2.61. The van der Waals surface area contributed by atoms with Crippen LogP contribution in [0.25, 0.3) is 5.52 Å². The van der Waals surface area contributed by atoms with E-state index in [9.17, 15) is 0 Å². The van der Waals surface area contributed by atoms with Crippen molar-refractivity contribution < 1.29 is 4.74 Å². The van der Waals surface area contributed by atoms with Gasteiger partial charge in [0.05, 0.1) is 18.8 Å². The molecule has 2 aromatic heterocycles. The zero-order valence-electron chi connectivity index (χ0n) is 10.8. The van der Waals surface area contributed by atoms with Crippen LogP contribution in [-0.2, 0) is 6.42 Å². The van der Waals surface area contributed by atoms with Gasteiger partial charge in [-0.2, -0.15) is 0 Å². The Kier molecular flexibility index (Phi) is 3.19. The van der Waals surface area contributed by atoms with E-state index in [0.717, 1.165) is 30.1 Å². The van der Waals surface area contributed by atoms with Crippen LogP contribution < -0.4 is 4.74 Å². The molecule has 18 heavy (non-hydrogen) atoms. The summed E-state index contributed by atoms with van der Waals surface area (Å²) in [5.41, 5.74) is 1.10. The maximum atomic E-state index is 5.22. The smallest absolute Gasteiger partial charge is 0.122 e. The molecule has 0 bridgehead atoms. The van der Waals surface area contributed by atoms with E-state index in [1.54, 1.807) is 7.11 Å². The summed E-state index contributed by atoms with van der Waals surface area (Å²) in [6.07, 6.45) is 7.67. The van der Waals surface area contributed by atoms with E-state index in [-0.39, 0.29) is 0 Å². The van der Waals surface area contributed by atoms with Gasteiger partial charge in [-0.3, -0.25) is 0 Å². The summed E-state index contributed by atoms with van der Waals surface area (Å²) < 4.78 is 7.37. The Labute approximate surface area is 107 Å². The summed E-state index contributed by atoms with van der Waals surface area (Å²) in [5, 5.41) is 0. The third-order valence-corrected chi connectivity index (χ3v) is 3.67. The third kappa shape index (κ3) is 2.20. The number of likely N-dealkylation sites (tertiary alicyclic amines) is 1. The molecule has 0 aromatic carbocycles. The van der Waals surface area contributed by atoms with Crippen molar-refractivity contribution in [3.8, 4) is 5.75 Å². The average Bonchev–Trinajstić information content (AvgIpc) is 3.05. The van der Waals surface area contributed by atoms with Crippen molar-refractivity contribution in [2.24, 2.45) is 0 Å². The number of hydrogen-bond acceptors (Lipinski definition) is 3. The molecule has 1 aliphatic rings. The van der Waals surface area contributed by atoms with E-state index < -0.39 is 0 Å². The van der Waals surface area contributed by atoms with Gasteiger partial charge in [-0.05, 0) is 32.0 Å². The standard InChI is InChI=1S/C14H19N3O/c1-18-13-4-9-17-12(10-13)11-15-14(17)5-8-16-6-2-3-7-16/h4,9-11H,2-3,5-8H2,1H3. The quantitative estimate of drug-likeness (QED) is 0.825. The lowest BCUT2D eigenvalue weighted by molar-refractivity contribution is 0.340. The highest BCUT2D eigenvalue weighted by Crippen LogP contribution is 2.16. The van der Waals surface area contributed by atoms with Crippen molar-refractivity contribution in [2.75, 3.05) is 26.7 Å². The molecule has 0 amide bonds. The van der Waals surface area contributed by atoms with Gasteiger partial charge in [-0.15, -0.1) is 0 Å². The average molecular weight is 245 g/mol. The first-order valence-electron chi connectivity index (χ1n) is 6.59. The summed E-state index contributed by atoms with van der Waals surface area (Å²) in [6.45, 7) is 3.61.